The fourth-order valence-electron chi connectivity index (χ4n) is 1.38. The lowest BCUT2D eigenvalue weighted by molar-refractivity contribution is -0.115. The number of nitrogens with zero attached hydrogens (tertiary/aromatic N) is 2. The van der Waals surface area contributed by atoms with Crippen LogP contribution in [0.25, 0.3) is 0 Å². The van der Waals surface area contributed by atoms with Gasteiger partial charge in [0.05, 0.1) is 16.9 Å². The summed E-state index contributed by atoms with van der Waals surface area (Å²) in [5.74, 6) is -0.102. The summed E-state index contributed by atoms with van der Waals surface area (Å²) in [5.41, 5.74) is 1.16. The van der Waals surface area contributed by atoms with Crippen LogP contribution in [0.1, 0.15) is 12.5 Å². The number of aromatic nitrogens is 1. The highest BCUT2D eigenvalue weighted by molar-refractivity contribution is 8.02. The van der Waals surface area contributed by atoms with Gasteiger partial charge in [0.2, 0.25) is 5.91 Å². The number of nitrogens with one attached hydrogen (secondary N) is 1. The maximum atomic E-state index is 12.0. The van der Waals surface area contributed by atoms with E-state index in [1.165, 1.54) is 23.1 Å². The van der Waals surface area contributed by atoms with E-state index in [0.29, 0.717) is 11.3 Å². The van der Waals surface area contributed by atoms with E-state index in [2.05, 4.69) is 10.3 Å². The smallest absolute Gasteiger partial charge is 0.237 e. The zero-order chi connectivity index (χ0) is 13.7. The van der Waals surface area contributed by atoms with Gasteiger partial charge in [-0.25, -0.2) is 4.98 Å². The maximum Gasteiger partial charge on any atom is 0.237 e. The first-order valence-corrected chi connectivity index (χ1v) is 7.32. The molecule has 96 valence electrons. The summed E-state index contributed by atoms with van der Waals surface area (Å²) in [5, 5.41) is 13.2. The highest BCUT2D eigenvalue weighted by Crippen LogP contribution is 2.25. The van der Waals surface area contributed by atoms with E-state index in [1.807, 2.05) is 18.4 Å². The molecule has 2 aromatic rings. The van der Waals surface area contributed by atoms with Crippen molar-refractivity contribution in [3.63, 3.8) is 0 Å². The normalized spacial score (nSPS) is 11.6. The Balaban J connectivity index is 1.98. The number of thioether (sulfide) groups is 1. The Labute approximate surface area is 119 Å². The Kier molecular flexibility index (Phi) is 4.55. The highest BCUT2D eigenvalue weighted by Gasteiger charge is 2.15. The van der Waals surface area contributed by atoms with Gasteiger partial charge in [0.15, 0.2) is 4.34 Å². The minimum absolute atomic E-state index is 0.102. The first kappa shape index (κ1) is 13.6. The molecule has 0 aliphatic rings. The molecule has 1 atom stereocenters. The topological polar surface area (TPSA) is 65.8 Å². The van der Waals surface area contributed by atoms with Crippen molar-refractivity contribution in [3.05, 3.63) is 41.4 Å². The van der Waals surface area contributed by atoms with E-state index in [4.69, 9.17) is 5.26 Å². The molecule has 4 nitrogen and oxygen atoms in total. The third-order valence-corrected chi connectivity index (χ3v) is 4.33. The number of benzene rings is 1. The predicted octanol–water partition coefficient (Wildman–Crippen LogP) is 3.13. The molecule has 1 aromatic carbocycles. The Morgan fingerprint density at radius 3 is 3.11 bits per heavy atom. The molecule has 2 rings (SSSR count). The molecule has 0 saturated carbocycles. The maximum absolute atomic E-state index is 12.0. The number of amides is 1. The highest BCUT2D eigenvalue weighted by atomic mass is 32.2. The van der Waals surface area contributed by atoms with Crippen LogP contribution in [0.5, 0.6) is 0 Å². The molecule has 0 spiro atoms. The summed E-state index contributed by atoms with van der Waals surface area (Å²) in [6.45, 7) is 1.83. The Morgan fingerprint density at radius 2 is 2.42 bits per heavy atom. The van der Waals surface area contributed by atoms with Gasteiger partial charge in [-0.05, 0) is 25.1 Å². The number of hydrogen-bond acceptors (Lipinski definition) is 5. The van der Waals surface area contributed by atoms with E-state index in [9.17, 15) is 4.79 Å². The van der Waals surface area contributed by atoms with Crippen LogP contribution in [-0.4, -0.2) is 16.1 Å². The minimum Gasteiger partial charge on any atom is -0.325 e. The monoisotopic (exact) mass is 289 g/mol. The molecule has 0 bridgehead atoms. The summed E-state index contributed by atoms with van der Waals surface area (Å²) in [4.78, 5) is 16.1. The van der Waals surface area contributed by atoms with Gasteiger partial charge in [-0.3, -0.25) is 4.79 Å². The summed E-state index contributed by atoms with van der Waals surface area (Å²) in [6.07, 6.45) is 1.72. The standard InChI is InChI=1S/C13H11N3OS2/c1-9(19-13-15-5-6-18-13)12(17)16-11-4-2-3-10(7-11)8-14/h2-7,9H,1H3,(H,16,17)/t9-/m1/s1. The fraction of sp³-hybridized carbons (Fsp3) is 0.154. The first-order valence-electron chi connectivity index (χ1n) is 5.56. The number of anilines is 1. The molecule has 0 aliphatic heterocycles. The van der Waals surface area contributed by atoms with Crippen molar-refractivity contribution in [1.82, 2.24) is 4.98 Å². The van der Waals surface area contributed by atoms with Crippen LogP contribution >= 0.6 is 23.1 Å². The molecule has 0 saturated heterocycles. The number of carbonyl (C=O) groups excluding carboxylic acids is 1. The van der Waals surface area contributed by atoms with Gasteiger partial charge in [-0.15, -0.1) is 11.3 Å². The van der Waals surface area contributed by atoms with Gasteiger partial charge < -0.3 is 5.32 Å². The van der Waals surface area contributed by atoms with Crippen molar-refractivity contribution in [1.29, 1.82) is 5.26 Å². The van der Waals surface area contributed by atoms with Crippen LogP contribution in [0.15, 0.2) is 40.2 Å². The molecule has 0 aliphatic carbocycles. The molecule has 0 fully saturated rings. The second-order valence-electron chi connectivity index (χ2n) is 3.74. The van der Waals surface area contributed by atoms with Crippen LogP contribution in [0, 0.1) is 11.3 Å². The molecule has 1 N–H and O–H groups in total. The minimum atomic E-state index is -0.239. The van der Waals surface area contributed by atoms with Gasteiger partial charge in [0.1, 0.15) is 0 Å². The summed E-state index contributed by atoms with van der Waals surface area (Å²) in [7, 11) is 0. The lowest BCUT2D eigenvalue weighted by atomic mass is 10.2. The van der Waals surface area contributed by atoms with Gasteiger partial charge in [0.25, 0.3) is 0 Å². The first-order chi connectivity index (χ1) is 9.19. The van der Waals surface area contributed by atoms with Crippen LogP contribution in [0.2, 0.25) is 0 Å². The number of hydrogen-bond donors (Lipinski definition) is 1. The molecule has 1 aromatic heterocycles. The number of carbonyl (C=O) groups is 1. The van der Waals surface area contributed by atoms with Crippen molar-refractivity contribution >= 4 is 34.7 Å². The van der Waals surface area contributed by atoms with Gasteiger partial charge in [0, 0.05) is 17.3 Å². The van der Waals surface area contributed by atoms with Gasteiger partial charge in [-0.1, -0.05) is 17.8 Å². The molecule has 1 amide bonds. The van der Waals surface area contributed by atoms with Crippen molar-refractivity contribution in [2.75, 3.05) is 5.32 Å². The third-order valence-electron chi connectivity index (χ3n) is 2.32. The summed E-state index contributed by atoms with van der Waals surface area (Å²) in [6, 6.07) is 8.90. The van der Waals surface area contributed by atoms with Gasteiger partial charge in [-0.2, -0.15) is 5.26 Å². The Hall–Kier alpha value is -1.84. The average molecular weight is 289 g/mol. The van der Waals surface area contributed by atoms with E-state index in [0.717, 1.165) is 4.34 Å². The molecular formula is C13H11N3OS2. The summed E-state index contributed by atoms with van der Waals surface area (Å²) < 4.78 is 0.869. The third kappa shape index (κ3) is 3.81. The SMILES string of the molecule is C[C@@H](Sc1nccs1)C(=O)Nc1cccc(C#N)c1. The zero-order valence-corrected chi connectivity index (χ0v) is 11.8. The summed E-state index contributed by atoms with van der Waals surface area (Å²) >= 11 is 2.93. The molecule has 1 heterocycles. The molecule has 6 heteroatoms. The van der Waals surface area contributed by atoms with E-state index < -0.39 is 0 Å². The number of thiazole rings is 1. The van der Waals surface area contributed by atoms with Crippen molar-refractivity contribution < 1.29 is 4.79 Å². The van der Waals surface area contributed by atoms with Crippen LogP contribution in [0.3, 0.4) is 0 Å². The molecule has 19 heavy (non-hydrogen) atoms. The second kappa shape index (κ2) is 6.36. The average Bonchev–Trinajstić information content (AvgIpc) is 2.91. The van der Waals surface area contributed by atoms with Crippen molar-refractivity contribution in [3.8, 4) is 6.07 Å². The molecule has 0 unspecified atom stereocenters. The van der Waals surface area contributed by atoms with E-state index in [1.54, 1.807) is 30.5 Å². The van der Waals surface area contributed by atoms with Crippen molar-refractivity contribution in [2.45, 2.75) is 16.5 Å². The Morgan fingerprint density at radius 1 is 1.58 bits per heavy atom. The lowest BCUT2D eigenvalue weighted by Gasteiger charge is -2.10. The fourth-order valence-corrected chi connectivity index (χ4v) is 3.16. The van der Waals surface area contributed by atoms with Crippen LogP contribution in [-0.2, 0) is 4.79 Å². The molecule has 0 radical (unpaired) electrons. The van der Waals surface area contributed by atoms with Crippen LogP contribution < -0.4 is 5.32 Å². The predicted molar refractivity (Wildman–Crippen MR) is 77.2 cm³/mol. The largest absolute Gasteiger partial charge is 0.325 e. The van der Waals surface area contributed by atoms with Crippen LogP contribution in [0.4, 0.5) is 5.69 Å². The van der Waals surface area contributed by atoms with E-state index in [-0.39, 0.29) is 11.2 Å². The van der Waals surface area contributed by atoms with E-state index >= 15 is 0 Å². The Bertz CT molecular complexity index is 605. The second-order valence-corrected chi connectivity index (χ2v) is 6.22. The number of rotatable bonds is 4. The molecular weight excluding hydrogens is 278 g/mol. The quantitative estimate of drug-likeness (QED) is 0.878. The van der Waals surface area contributed by atoms with Crippen molar-refractivity contribution in [2.24, 2.45) is 0 Å². The lowest BCUT2D eigenvalue weighted by Crippen LogP contribution is -2.22. The number of nitriles is 1. The van der Waals surface area contributed by atoms with Gasteiger partial charge >= 0.3 is 0 Å². The zero-order valence-electron chi connectivity index (χ0n) is 10.2.